The average Bonchev–Trinajstić information content (AvgIpc) is 2.29. The maximum Gasteiger partial charge on any atom is 0.136 e. The molecule has 1 saturated heterocycles. The second-order valence-corrected chi connectivity index (χ2v) is 4.49. The Kier molecular flexibility index (Phi) is 2.10. The van der Waals surface area contributed by atoms with Gasteiger partial charge in [0.25, 0.3) is 0 Å². The van der Waals surface area contributed by atoms with Gasteiger partial charge >= 0.3 is 0 Å². The van der Waals surface area contributed by atoms with E-state index >= 15 is 0 Å². The molecule has 2 aliphatic rings. The number of fused-ring (bicyclic) bond motifs is 3. The van der Waals surface area contributed by atoms with Crippen molar-refractivity contribution in [2.24, 2.45) is 0 Å². The number of Topliss-reactive ketones (excluding diaryl/α,β-unsaturated/α-hetero) is 1. The van der Waals surface area contributed by atoms with Gasteiger partial charge in [-0.1, -0.05) is 24.3 Å². The summed E-state index contributed by atoms with van der Waals surface area (Å²) in [6.45, 7) is 2.08. The summed E-state index contributed by atoms with van der Waals surface area (Å²) in [6, 6.07) is 8.94. The number of nitrogens with zero attached hydrogens (tertiary/aromatic N) is 1. The second-order valence-electron chi connectivity index (χ2n) is 4.49. The maximum absolute atomic E-state index is 11.5. The predicted molar refractivity (Wildman–Crippen MR) is 58.7 cm³/mol. The van der Waals surface area contributed by atoms with Gasteiger partial charge < -0.3 is 0 Å². The minimum absolute atomic E-state index is 0.371. The fraction of sp³-hybridized carbons (Fsp3) is 0.462. The number of piperidine rings is 1. The molecule has 0 N–H and O–H groups in total. The average molecular weight is 201 g/mol. The highest BCUT2D eigenvalue weighted by molar-refractivity contribution is 5.80. The quantitative estimate of drug-likeness (QED) is 0.639. The standard InChI is InChI=1S/C13H15NO/c15-11-6-8-14-7-5-10-3-1-2-4-12(10)13(14)9-11/h1-4,13H,5-9H2. The summed E-state index contributed by atoms with van der Waals surface area (Å²) in [5.74, 6) is 0.424. The van der Waals surface area contributed by atoms with Crippen molar-refractivity contribution in [1.82, 2.24) is 4.90 Å². The van der Waals surface area contributed by atoms with E-state index in [2.05, 4.69) is 29.2 Å². The summed E-state index contributed by atoms with van der Waals surface area (Å²) in [5.41, 5.74) is 2.82. The van der Waals surface area contributed by atoms with Crippen molar-refractivity contribution in [3.05, 3.63) is 35.4 Å². The van der Waals surface area contributed by atoms with E-state index in [1.54, 1.807) is 0 Å². The fourth-order valence-corrected chi connectivity index (χ4v) is 2.80. The van der Waals surface area contributed by atoms with Gasteiger partial charge in [-0.3, -0.25) is 9.69 Å². The van der Waals surface area contributed by atoms with Gasteiger partial charge in [-0.25, -0.2) is 0 Å². The zero-order valence-electron chi connectivity index (χ0n) is 8.78. The summed E-state index contributed by atoms with van der Waals surface area (Å²) < 4.78 is 0. The van der Waals surface area contributed by atoms with Crippen LogP contribution in [0, 0.1) is 0 Å². The monoisotopic (exact) mass is 201 g/mol. The van der Waals surface area contributed by atoms with Gasteiger partial charge in [0.2, 0.25) is 0 Å². The molecule has 2 heterocycles. The van der Waals surface area contributed by atoms with Crippen LogP contribution in [-0.2, 0) is 11.2 Å². The van der Waals surface area contributed by atoms with Gasteiger partial charge in [-0.2, -0.15) is 0 Å². The molecule has 0 saturated carbocycles. The molecule has 1 fully saturated rings. The lowest BCUT2D eigenvalue weighted by molar-refractivity contribution is -0.123. The lowest BCUT2D eigenvalue weighted by Gasteiger charge is -2.39. The third-order valence-electron chi connectivity index (χ3n) is 3.62. The molecule has 0 aliphatic carbocycles. The van der Waals surface area contributed by atoms with Crippen LogP contribution >= 0.6 is 0 Å². The number of hydrogen-bond donors (Lipinski definition) is 0. The molecule has 2 nitrogen and oxygen atoms in total. The first-order valence-corrected chi connectivity index (χ1v) is 5.68. The highest BCUT2D eigenvalue weighted by atomic mass is 16.1. The fourth-order valence-electron chi connectivity index (χ4n) is 2.80. The van der Waals surface area contributed by atoms with E-state index in [0.717, 1.165) is 32.4 Å². The van der Waals surface area contributed by atoms with Crippen LogP contribution in [0.4, 0.5) is 0 Å². The second kappa shape index (κ2) is 3.46. The van der Waals surface area contributed by atoms with E-state index < -0.39 is 0 Å². The Balaban J connectivity index is 2.00. The van der Waals surface area contributed by atoms with Crippen LogP contribution in [0.5, 0.6) is 0 Å². The zero-order chi connectivity index (χ0) is 10.3. The molecule has 0 spiro atoms. The van der Waals surface area contributed by atoms with Crippen molar-refractivity contribution < 1.29 is 4.79 Å². The van der Waals surface area contributed by atoms with Gasteiger partial charge in [0, 0.05) is 32.0 Å². The van der Waals surface area contributed by atoms with Gasteiger partial charge in [0.1, 0.15) is 5.78 Å². The molecule has 0 amide bonds. The molecule has 15 heavy (non-hydrogen) atoms. The normalized spacial score (nSPS) is 25.9. The predicted octanol–water partition coefficient (Wildman–Crippen LogP) is 1.95. The molecular weight excluding hydrogens is 186 g/mol. The maximum atomic E-state index is 11.5. The first kappa shape index (κ1) is 9.10. The summed E-state index contributed by atoms with van der Waals surface area (Å²) in [4.78, 5) is 14.0. The molecule has 1 unspecified atom stereocenters. The Hall–Kier alpha value is -1.15. The van der Waals surface area contributed by atoms with Gasteiger partial charge in [-0.05, 0) is 17.5 Å². The van der Waals surface area contributed by atoms with Gasteiger partial charge in [-0.15, -0.1) is 0 Å². The minimum Gasteiger partial charge on any atom is -0.300 e. The van der Waals surface area contributed by atoms with E-state index in [4.69, 9.17) is 0 Å². The first-order valence-electron chi connectivity index (χ1n) is 5.68. The van der Waals surface area contributed by atoms with E-state index in [0.29, 0.717) is 11.8 Å². The van der Waals surface area contributed by atoms with Crippen LogP contribution in [0.2, 0.25) is 0 Å². The zero-order valence-corrected chi connectivity index (χ0v) is 8.78. The molecule has 1 aromatic rings. The highest BCUT2D eigenvalue weighted by Gasteiger charge is 2.31. The molecule has 0 bridgehead atoms. The number of ketones is 1. The Bertz CT molecular complexity index is 399. The van der Waals surface area contributed by atoms with Crippen molar-refractivity contribution in [2.45, 2.75) is 25.3 Å². The molecule has 2 heteroatoms. The number of carbonyl (C=O) groups is 1. The lowest BCUT2D eigenvalue weighted by Crippen LogP contribution is -2.41. The van der Waals surface area contributed by atoms with Crippen LogP contribution in [-0.4, -0.2) is 23.8 Å². The first-order chi connectivity index (χ1) is 7.34. The summed E-state index contributed by atoms with van der Waals surface area (Å²) in [5, 5.41) is 0. The number of rotatable bonds is 0. The molecule has 0 aromatic heterocycles. The SMILES string of the molecule is O=C1CCN2CCc3ccccc3C2C1. The Labute approximate surface area is 89.9 Å². The van der Waals surface area contributed by atoms with E-state index in [9.17, 15) is 4.79 Å². The molecule has 1 aromatic carbocycles. The van der Waals surface area contributed by atoms with E-state index in [1.165, 1.54) is 11.1 Å². The minimum atomic E-state index is 0.371. The summed E-state index contributed by atoms with van der Waals surface area (Å²) in [7, 11) is 0. The molecular formula is C13H15NO. The van der Waals surface area contributed by atoms with E-state index in [1.807, 2.05) is 0 Å². The topological polar surface area (TPSA) is 20.3 Å². The van der Waals surface area contributed by atoms with Crippen molar-refractivity contribution in [3.63, 3.8) is 0 Å². The van der Waals surface area contributed by atoms with Crippen LogP contribution in [0.15, 0.2) is 24.3 Å². The largest absolute Gasteiger partial charge is 0.300 e. The van der Waals surface area contributed by atoms with Crippen molar-refractivity contribution >= 4 is 5.78 Å². The Morgan fingerprint density at radius 3 is 2.87 bits per heavy atom. The lowest BCUT2D eigenvalue weighted by atomic mass is 9.86. The van der Waals surface area contributed by atoms with Gasteiger partial charge in [0.05, 0.1) is 0 Å². The molecule has 2 aliphatic heterocycles. The number of carbonyl (C=O) groups excluding carboxylic acids is 1. The van der Waals surface area contributed by atoms with Crippen LogP contribution in [0.25, 0.3) is 0 Å². The van der Waals surface area contributed by atoms with Crippen molar-refractivity contribution in [2.75, 3.05) is 13.1 Å². The highest BCUT2D eigenvalue weighted by Crippen LogP contribution is 2.34. The van der Waals surface area contributed by atoms with Crippen molar-refractivity contribution in [1.29, 1.82) is 0 Å². The van der Waals surface area contributed by atoms with Crippen LogP contribution in [0.1, 0.15) is 30.0 Å². The van der Waals surface area contributed by atoms with Crippen molar-refractivity contribution in [3.8, 4) is 0 Å². The van der Waals surface area contributed by atoms with Crippen LogP contribution in [0.3, 0.4) is 0 Å². The molecule has 0 radical (unpaired) electrons. The molecule has 3 rings (SSSR count). The summed E-state index contributed by atoms with van der Waals surface area (Å²) >= 11 is 0. The third-order valence-corrected chi connectivity index (χ3v) is 3.62. The van der Waals surface area contributed by atoms with Crippen LogP contribution < -0.4 is 0 Å². The smallest absolute Gasteiger partial charge is 0.136 e. The summed E-state index contributed by atoms with van der Waals surface area (Å²) in [6.07, 6.45) is 2.61. The molecule has 1 atom stereocenters. The Morgan fingerprint density at radius 1 is 1.13 bits per heavy atom. The number of benzene rings is 1. The van der Waals surface area contributed by atoms with Gasteiger partial charge in [0.15, 0.2) is 0 Å². The number of hydrogen-bond acceptors (Lipinski definition) is 2. The Morgan fingerprint density at radius 2 is 1.93 bits per heavy atom. The van der Waals surface area contributed by atoms with E-state index in [-0.39, 0.29) is 0 Å². The molecule has 78 valence electrons. The third kappa shape index (κ3) is 1.49.